The van der Waals surface area contributed by atoms with Crippen molar-refractivity contribution < 1.29 is 24.2 Å². The zero-order chi connectivity index (χ0) is 20.6. The van der Waals surface area contributed by atoms with Gasteiger partial charge >= 0.3 is 0 Å². The molecule has 1 aliphatic rings. The molecule has 0 aromatic heterocycles. The van der Waals surface area contributed by atoms with Crippen LogP contribution in [0.2, 0.25) is 0 Å². The van der Waals surface area contributed by atoms with E-state index in [0.717, 1.165) is 0 Å². The molecule has 1 aliphatic heterocycles. The highest BCUT2D eigenvalue weighted by atomic mass is 16.5. The lowest BCUT2D eigenvalue weighted by Gasteiger charge is -2.25. The lowest BCUT2D eigenvalue weighted by molar-refractivity contribution is -0.138. The van der Waals surface area contributed by atoms with Gasteiger partial charge in [0.25, 0.3) is 11.8 Å². The van der Waals surface area contributed by atoms with Gasteiger partial charge in [0, 0.05) is 26.2 Å². The summed E-state index contributed by atoms with van der Waals surface area (Å²) in [7, 11) is 0. The summed E-state index contributed by atoms with van der Waals surface area (Å²) < 4.78 is 11.2. The van der Waals surface area contributed by atoms with Gasteiger partial charge < -0.3 is 24.4 Å². The van der Waals surface area contributed by atoms with Crippen molar-refractivity contribution in [1.29, 1.82) is 0 Å². The Kier molecular flexibility index (Phi) is 6.94. The molecule has 3 rings (SSSR count). The number of nitrogens with zero attached hydrogens (tertiary/aromatic N) is 2. The van der Waals surface area contributed by atoms with Gasteiger partial charge in [0.1, 0.15) is 17.2 Å². The predicted molar refractivity (Wildman–Crippen MR) is 108 cm³/mol. The molecule has 154 valence electrons. The molecule has 2 amide bonds. The second kappa shape index (κ2) is 9.82. The van der Waals surface area contributed by atoms with Crippen LogP contribution in [0, 0.1) is 0 Å². The van der Waals surface area contributed by atoms with Crippen molar-refractivity contribution in [2.45, 2.75) is 19.4 Å². The monoisotopic (exact) mass is 398 g/mol. The van der Waals surface area contributed by atoms with Crippen LogP contribution in [0.1, 0.15) is 13.3 Å². The number of carbonyl (C=O) groups is 2. The predicted octanol–water partition coefficient (Wildman–Crippen LogP) is 2.30. The molecule has 1 saturated heterocycles. The van der Waals surface area contributed by atoms with Crippen molar-refractivity contribution in [2.24, 2.45) is 0 Å². The van der Waals surface area contributed by atoms with E-state index in [1.54, 1.807) is 28.9 Å². The van der Waals surface area contributed by atoms with Gasteiger partial charge in [-0.3, -0.25) is 9.59 Å². The Bertz CT molecular complexity index is 810. The maximum atomic E-state index is 12.7. The first-order chi connectivity index (χ1) is 14.0. The summed E-state index contributed by atoms with van der Waals surface area (Å²) in [5.41, 5.74) is 0. The van der Waals surface area contributed by atoms with Crippen molar-refractivity contribution in [1.82, 2.24) is 9.80 Å². The largest absolute Gasteiger partial charge is 0.508 e. The van der Waals surface area contributed by atoms with Crippen LogP contribution in [0.4, 0.5) is 0 Å². The quantitative estimate of drug-likeness (QED) is 0.808. The van der Waals surface area contributed by atoms with E-state index >= 15 is 0 Å². The highest BCUT2D eigenvalue weighted by molar-refractivity contribution is 5.81. The van der Waals surface area contributed by atoms with Gasteiger partial charge in [0.05, 0.1) is 0 Å². The highest BCUT2D eigenvalue weighted by Crippen LogP contribution is 2.18. The molecule has 0 radical (unpaired) electrons. The van der Waals surface area contributed by atoms with Crippen LogP contribution in [0.25, 0.3) is 0 Å². The second-order valence-electron chi connectivity index (χ2n) is 6.92. The minimum atomic E-state index is -0.650. The Morgan fingerprint density at radius 3 is 2.31 bits per heavy atom. The fourth-order valence-corrected chi connectivity index (χ4v) is 3.18. The van der Waals surface area contributed by atoms with Crippen LogP contribution < -0.4 is 9.47 Å². The zero-order valence-electron chi connectivity index (χ0n) is 16.5. The van der Waals surface area contributed by atoms with Gasteiger partial charge in [-0.05, 0) is 49.7 Å². The van der Waals surface area contributed by atoms with Gasteiger partial charge in [-0.2, -0.15) is 0 Å². The van der Waals surface area contributed by atoms with E-state index in [4.69, 9.17) is 9.47 Å². The molecule has 7 nitrogen and oxygen atoms in total. The Balaban J connectivity index is 1.48. The third kappa shape index (κ3) is 5.88. The molecular weight excluding hydrogens is 372 g/mol. The highest BCUT2D eigenvalue weighted by Gasteiger charge is 2.26. The second-order valence-corrected chi connectivity index (χ2v) is 6.92. The molecule has 0 bridgehead atoms. The van der Waals surface area contributed by atoms with Crippen molar-refractivity contribution in [3.63, 3.8) is 0 Å². The molecule has 29 heavy (non-hydrogen) atoms. The molecule has 1 heterocycles. The summed E-state index contributed by atoms with van der Waals surface area (Å²) >= 11 is 0. The average Bonchev–Trinajstić information content (AvgIpc) is 3.00. The number of phenolic OH excluding ortho intramolecular Hbond substituents is 1. The normalized spacial score (nSPS) is 15.3. The average molecular weight is 398 g/mol. The maximum absolute atomic E-state index is 12.7. The third-order valence-corrected chi connectivity index (χ3v) is 4.76. The van der Waals surface area contributed by atoms with E-state index in [9.17, 15) is 14.7 Å². The Morgan fingerprint density at radius 1 is 0.931 bits per heavy atom. The molecule has 2 aromatic carbocycles. The van der Waals surface area contributed by atoms with E-state index in [2.05, 4.69) is 0 Å². The number of para-hydroxylation sites is 1. The maximum Gasteiger partial charge on any atom is 0.263 e. The number of hydrogen-bond acceptors (Lipinski definition) is 5. The Morgan fingerprint density at radius 2 is 1.59 bits per heavy atom. The molecule has 7 heteroatoms. The Hall–Kier alpha value is -3.22. The number of rotatable bonds is 6. The fourth-order valence-electron chi connectivity index (χ4n) is 3.18. The molecule has 1 N–H and O–H groups in total. The number of phenols is 1. The van der Waals surface area contributed by atoms with E-state index in [1.807, 2.05) is 30.3 Å². The number of carbonyl (C=O) groups excluding carboxylic acids is 2. The lowest BCUT2D eigenvalue weighted by atomic mass is 10.3. The van der Waals surface area contributed by atoms with Crippen molar-refractivity contribution in [3.05, 3.63) is 54.6 Å². The van der Waals surface area contributed by atoms with Gasteiger partial charge in [0.2, 0.25) is 0 Å². The summed E-state index contributed by atoms with van der Waals surface area (Å²) in [6, 6.07) is 15.5. The van der Waals surface area contributed by atoms with Gasteiger partial charge in [-0.1, -0.05) is 18.2 Å². The third-order valence-electron chi connectivity index (χ3n) is 4.76. The number of hydrogen-bond donors (Lipinski definition) is 1. The van der Waals surface area contributed by atoms with Crippen LogP contribution in [0.3, 0.4) is 0 Å². The minimum absolute atomic E-state index is 0.0155. The number of ether oxygens (including phenoxy) is 2. The lowest BCUT2D eigenvalue weighted by Crippen LogP contribution is -2.43. The fraction of sp³-hybridized carbons (Fsp3) is 0.364. The van der Waals surface area contributed by atoms with E-state index < -0.39 is 6.10 Å². The molecule has 0 aliphatic carbocycles. The van der Waals surface area contributed by atoms with Crippen LogP contribution in [0.15, 0.2) is 54.6 Å². The standard InChI is InChI=1S/C22H26N2O5/c1-17(29-20-10-8-18(25)9-11-20)22(27)24-13-5-12-23(14-15-24)21(26)16-28-19-6-3-2-4-7-19/h2-4,6-11,17,25H,5,12-16H2,1H3. The first kappa shape index (κ1) is 20.5. The van der Waals surface area contributed by atoms with Crippen LogP contribution >= 0.6 is 0 Å². The summed E-state index contributed by atoms with van der Waals surface area (Å²) in [5.74, 6) is 1.12. The van der Waals surface area contributed by atoms with Crippen LogP contribution in [-0.4, -0.2) is 65.6 Å². The van der Waals surface area contributed by atoms with Gasteiger partial charge in [-0.25, -0.2) is 0 Å². The first-order valence-electron chi connectivity index (χ1n) is 9.73. The molecule has 1 atom stereocenters. The number of amides is 2. The molecule has 0 saturated carbocycles. The van der Waals surface area contributed by atoms with E-state index in [0.29, 0.717) is 44.1 Å². The molecular formula is C22H26N2O5. The van der Waals surface area contributed by atoms with E-state index in [-0.39, 0.29) is 24.2 Å². The summed E-state index contributed by atoms with van der Waals surface area (Å²) in [5, 5.41) is 9.34. The molecule has 0 spiro atoms. The topological polar surface area (TPSA) is 79.3 Å². The van der Waals surface area contributed by atoms with Crippen molar-refractivity contribution >= 4 is 11.8 Å². The smallest absolute Gasteiger partial charge is 0.263 e. The molecule has 1 fully saturated rings. The number of benzene rings is 2. The zero-order valence-corrected chi connectivity index (χ0v) is 16.5. The van der Waals surface area contributed by atoms with E-state index in [1.165, 1.54) is 12.1 Å². The van der Waals surface area contributed by atoms with Crippen molar-refractivity contribution in [3.8, 4) is 17.2 Å². The first-order valence-corrected chi connectivity index (χ1v) is 9.73. The van der Waals surface area contributed by atoms with Crippen molar-refractivity contribution in [2.75, 3.05) is 32.8 Å². The minimum Gasteiger partial charge on any atom is -0.508 e. The van der Waals surface area contributed by atoms with Gasteiger partial charge in [-0.15, -0.1) is 0 Å². The Labute approximate surface area is 170 Å². The number of aromatic hydroxyl groups is 1. The van der Waals surface area contributed by atoms with Crippen LogP contribution in [-0.2, 0) is 9.59 Å². The SMILES string of the molecule is CC(Oc1ccc(O)cc1)C(=O)N1CCCN(C(=O)COc2ccccc2)CC1. The summed E-state index contributed by atoms with van der Waals surface area (Å²) in [4.78, 5) is 28.7. The van der Waals surface area contributed by atoms with Crippen LogP contribution in [0.5, 0.6) is 17.2 Å². The summed E-state index contributed by atoms with van der Waals surface area (Å²) in [6.07, 6.45) is 0.0533. The molecule has 1 unspecified atom stereocenters. The van der Waals surface area contributed by atoms with Gasteiger partial charge in [0.15, 0.2) is 12.7 Å². The molecule has 2 aromatic rings. The summed E-state index contributed by atoms with van der Waals surface area (Å²) in [6.45, 7) is 3.78.